The lowest BCUT2D eigenvalue weighted by Gasteiger charge is -2.21. The van der Waals surface area contributed by atoms with Crippen LogP contribution in [0.15, 0.2) is 40.9 Å². The van der Waals surface area contributed by atoms with Crippen molar-refractivity contribution in [3.63, 3.8) is 0 Å². The van der Waals surface area contributed by atoms with Gasteiger partial charge in [0.1, 0.15) is 12.4 Å². The predicted octanol–water partition coefficient (Wildman–Crippen LogP) is 2.68. The van der Waals surface area contributed by atoms with Gasteiger partial charge in [0.15, 0.2) is 0 Å². The quantitative estimate of drug-likeness (QED) is 0.698. The Morgan fingerprint density at radius 2 is 2.04 bits per heavy atom. The molecule has 0 aromatic heterocycles. The molecule has 0 fully saturated rings. The highest BCUT2D eigenvalue weighted by molar-refractivity contribution is 9.12. The maximum absolute atomic E-state index is 12.1. The fourth-order valence-electron chi connectivity index (χ4n) is 2.13. The molecule has 0 bridgehead atoms. The van der Waals surface area contributed by atoms with Gasteiger partial charge in [-0.2, -0.15) is 0 Å². The van der Waals surface area contributed by atoms with Crippen molar-refractivity contribution in [2.24, 2.45) is 0 Å². The van der Waals surface area contributed by atoms with Gasteiger partial charge in [-0.05, 0) is 60.2 Å². The molecule has 2 amide bonds. The van der Waals surface area contributed by atoms with Crippen LogP contribution in [0.1, 0.15) is 12.0 Å². The molecule has 0 radical (unpaired) electrons. The van der Waals surface area contributed by atoms with E-state index in [2.05, 4.69) is 20.8 Å². The first-order valence-corrected chi connectivity index (χ1v) is 8.54. The zero-order valence-corrected chi connectivity index (χ0v) is 15.5. The van der Waals surface area contributed by atoms with Crippen LogP contribution in [0.2, 0.25) is 0 Å². The summed E-state index contributed by atoms with van der Waals surface area (Å²) >= 11 is 3.17. The van der Waals surface area contributed by atoms with Crippen molar-refractivity contribution < 1.29 is 14.3 Å². The minimum absolute atomic E-state index is 0.291. The van der Waals surface area contributed by atoms with Gasteiger partial charge in [-0.15, -0.1) is 0 Å². The Balaban J connectivity index is 1.91. The number of hydrogen-bond donors (Lipinski definition) is 0. The molecule has 1 aromatic carbocycles. The number of carbonyl (C=O) groups excluding carboxylic acids is 2. The van der Waals surface area contributed by atoms with E-state index in [9.17, 15) is 9.59 Å². The lowest BCUT2D eigenvalue weighted by atomic mass is 10.2. The Morgan fingerprint density at radius 3 is 2.71 bits per heavy atom. The van der Waals surface area contributed by atoms with Crippen molar-refractivity contribution in [3.8, 4) is 5.75 Å². The molecule has 6 heteroatoms. The number of nitrogens with zero attached hydrogens (tertiary/aromatic N) is 2. The molecule has 1 aliphatic rings. The Kier molecular flexibility index (Phi) is 6.75. The smallest absolute Gasteiger partial charge is 0.267 e. The number of amides is 2. The minimum atomic E-state index is -0.309. The molecule has 5 nitrogen and oxygen atoms in total. The third-order valence-electron chi connectivity index (χ3n) is 3.50. The van der Waals surface area contributed by atoms with Crippen molar-refractivity contribution in [1.29, 1.82) is 0 Å². The summed E-state index contributed by atoms with van der Waals surface area (Å²) in [7, 11) is 3.99. The molecule has 128 valence electrons. The van der Waals surface area contributed by atoms with Gasteiger partial charge in [-0.1, -0.05) is 18.2 Å². The molecule has 0 saturated carbocycles. The van der Waals surface area contributed by atoms with Crippen molar-refractivity contribution >= 4 is 33.8 Å². The summed E-state index contributed by atoms with van der Waals surface area (Å²) in [6.07, 6.45) is 5.58. The first-order valence-electron chi connectivity index (χ1n) is 7.74. The summed E-state index contributed by atoms with van der Waals surface area (Å²) in [5.41, 5.74) is 0.877. The average Bonchev–Trinajstić information content (AvgIpc) is 2.56. The molecule has 1 aromatic rings. The summed E-state index contributed by atoms with van der Waals surface area (Å²) in [5, 5.41) is 0. The van der Waals surface area contributed by atoms with Gasteiger partial charge in [0.2, 0.25) is 0 Å². The summed E-state index contributed by atoms with van der Waals surface area (Å²) < 4.78 is 6.06. The van der Waals surface area contributed by atoms with E-state index in [1.807, 2.05) is 38.4 Å². The fourth-order valence-corrected chi connectivity index (χ4v) is 2.57. The van der Waals surface area contributed by atoms with Gasteiger partial charge < -0.3 is 9.64 Å². The molecule has 0 N–H and O–H groups in total. The lowest BCUT2D eigenvalue weighted by Crippen LogP contribution is -2.38. The van der Waals surface area contributed by atoms with Crippen LogP contribution in [0.4, 0.5) is 0 Å². The highest BCUT2D eigenvalue weighted by atomic mass is 79.9. The number of hydrogen-bond acceptors (Lipinski definition) is 4. The molecule has 1 heterocycles. The molecule has 1 aliphatic heterocycles. The molecule has 0 unspecified atom stereocenters. The molecule has 0 spiro atoms. The number of halogens is 1. The summed E-state index contributed by atoms with van der Waals surface area (Å²) in [4.78, 5) is 27.3. The maximum Gasteiger partial charge on any atom is 0.267 e. The standard InChI is InChI=1S/C18H21BrN2O3/c1-20(2)12-13-24-15-8-5-14(6-9-15)7-10-17(22)21-11-3-4-16(19)18(21)23/h4-10H,3,11-13H2,1-2H3/b10-7+. The van der Waals surface area contributed by atoms with E-state index in [-0.39, 0.29) is 11.8 Å². The summed E-state index contributed by atoms with van der Waals surface area (Å²) in [6.45, 7) is 1.89. The second-order valence-corrected chi connectivity index (χ2v) is 6.54. The Labute approximate surface area is 150 Å². The van der Waals surface area contributed by atoms with Crippen molar-refractivity contribution in [2.75, 3.05) is 33.8 Å². The van der Waals surface area contributed by atoms with E-state index < -0.39 is 0 Å². The highest BCUT2D eigenvalue weighted by Gasteiger charge is 2.24. The minimum Gasteiger partial charge on any atom is -0.492 e. The van der Waals surface area contributed by atoms with E-state index in [4.69, 9.17) is 4.74 Å². The maximum atomic E-state index is 12.1. The van der Waals surface area contributed by atoms with Gasteiger partial charge in [-0.25, -0.2) is 0 Å². The Bertz CT molecular complexity index is 651. The normalized spacial score (nSPS) is 15.1. The van der Waals surface area contributed by atoms with Gasteiger partial charge in [0.25, 0.3) is 11.8 Å². The number of benzene rings is 1. The summed E-state index contributed by atoms with van der Waals surface area (Å²) in [5.74, 6) is 0.192. The zero-order chi connectivity index (χ0) is 17.5. The van der Waals surface area contributed by atoms with Crippen LogP contribution in [0.25, 0.3) is 6.08 Å². The van der Waals surface area contributed by atoms with Crippen LogP contribution in [0.3, 0.4) is 0 Å². The fraction of sp³-hybridized carbons (Fsp3) is 0.333. The third kappa shape index (κ3) is 5.32. The van der Waals surface area contributed by atoms with E-state index in [0.717, 1.165) is 17.9 Å². The molecule has 2 rings (SSSR count). The van der Waals surface area contributed by atoms with Crippen molar-refractivity contribution in [3.05, 3.63) is 46.5 Å². The Hall–Kier alpha value is -1.92. The van der Waals surface area contributed by atoms with Gasteiger partial charge in [0, 0.05) is 19.2 Å². The van der Waals surface area contributed by atoms with E-state index in [1.165, 1.54) is 11.0 Å². The van der Waals surface area contributed by atoms with E-state index in [0.29, 0.717) is 24.1 Å². The molecular formula is C18H21BrN2O3. The van der Waals surface area contributed by atoms with Crippen molar-refractivity contribution in [2.45, 2.75) is 6.42 Å². The van der Waals surface area contributed by atoms with Crippen molar-refractivity contribution in [1.82, 2.24) is 9.80 Å². The van der Waals surface area contributed by atoms with Crippen LogP contribution in [-0.4, -0.2) is 55.4 Å². The molecular weight excluding hydrogens is 372 g/mol. The van der Waals surface area contributed by atoms with Gasteiger partial charge in [0.05, 0.1) is 4.48 Å². The number of rotatable bonds is 6. The van der Waals surface area contributed by atoms with Gasteiger partial charge >= 0.3 is 0 Å². The van der Waals surface area contributed by atoms with E-state index >= 15 is 0 Å². The summed E-state index contributed by atoms with van der Waals surface area (Å²) in [6, 6.07) is 7.49. The molecule has 0 atom stereocenters. The first-order chi connectivity index (χ1) is 11.5. The van der Waals surface area contributed by atoms with Crippen LogP contribution in [0, 0.1) is 0 Å². The topological polar surface area (TPSA) is 49.9 Å². The molecule has 0 aliphatic carbocycles. The first kappa shape index (κ1) is 18.4. The van der Waals surface area contributed by atoms with Crippen LogP contribution >= 0.6 is 15.9 Å². The second-order valence-electron chi connectivity index (χ2n) is 5.69. The van der Waals surface area contributed by atoms with Crippen LogP contribution < -0.4 is 4.74 Å². The number of carbonyl (C=O) groups is 2. The van der Waals surface area contributed by atoms with E-state index in [1.54, 1.807) is 12.2 Å². The van der Waals surface area contributed by atoms with Crippen LogP contribution in [0.5, 0.6) is 5.75 Å². The van der Waals surface area contributed by atoms with Gasteiger partial charge in [-0.3, -0.25) is 14.5 Å². The lowest BCUT2D eigenvalue weighted by molar-refractivity contribution is -0.139. The third-order valence-corrected chi connectivity index (χ3v) is 4.16. The zero-order valence-electron chi connectivity index (χ0n) is 13.9. The second kappa shape index (κ2) is 8.80. The van der Waals surface area contributed by atoms with Crippen LogP contribution in [-0.2, 0) is 9.59 Å². The monoisotopic (exact) mass is 392 g/mol. The largest absolute Gasteiger partial charge is 0.492 e. The molecule has 24 heavy (non-hydrogen) atoms. The highest BCUT2D eigenvalue weighted by Crippen LogP contribution is 2.18. The average molecular weight is 393 g/mol. The number of imide groups is 1. The SMILES string of the molecule is CN(C)CCOc1ccc(/C=C/C(=O)N2CCC=C(Br)C2=O)cc1. The number of ether oxygens (including phenoxy) is 1. The Morgan fingerprint density at radius 1 is 1.33 bits per heavy atom. The molecule has 0 saturated heterocycles. The number of likely N-dealkylation sites (N-methyl/N-ethyl adjacent to an activating group) is 1. The predicted molar refractivity (Wildman–Crippen MR) is 97.9 cm³/mol.